The number of hydrogen-bond donors (Lipinski definition) is 2. The average Bonchev–Trinajstić information content (AvgIpc) is 3.16. The topological polar surface area (TPSA) is 133 Å². The van der Waals surface area contributed by atoms with Crippen LogP contribution in [0.15, 0.2) is 47.2 Å². The minimum atomic E-state index is -0.365. The van der Waals surface area contributed by atoms with Gasteiger partial charge < -0.3 is 20.1 Å². The lowest BCUT2D eigenvalue weighted by molar-refractivity contribution is 0.194. The Morgan fingerprint density at radius 2 is 2.00 bits per heavy atom. The summed E-state index contributed by atoms with van der Waals surface area (Å²) in [6.07, 6.45) is 4.92. The molecule has 3 rings (SSSR count). The van der Waals surface area contributed by atoms with Crippen LogP contribution >= 0.6 is 0 Å². The smallest absolute Gasteiger partial charge is 0.204 e. The molecule has 3 aromatic rings. The molecule has 0 fully saturated rings. The fourth-order valence-electron chi connectivity index (χ4n) is 2.62. The van der Waals surface area contributed by atoms with E-state index in [-0.39, 0.29) is 23.7 Å². The van der Waals surface area contributed by atoms with E-state index in [1.54, 1.807) is 18.5 Å². The molecule has 146 valence electrons. The second kappa shape index (κ2) is 8.13. The maximum Gasteiger partial charge on any atom is 0.204 e. The van der Waals surface area contributed by atoms with Crippen LogP contribution in [0.1, 0.15) is 37.8 Å². The molecular formula is C19H22N6O3. The van der Waals surface area contributed by atoms with Crippen molar-refractivity contribution in [1.29, 1.82) is 0 Å². The Morgan fingerprint density at radius 3 is 2.64 bits per heavy atom. The van der Waals surface area contributed by atoms with Crippen molar-refractivity contribution >= 4 is 5.57 Å². The first-order valence-electron chi connectivity index (χ1n) is 8.67. The molecule has 0 bridgehead atoms. The van der Waals surface area contributed by atoms with E-state index < -0.39 is 0 Å². The fraction of sp³-hybridized carbons (Fsp3) is 0.316. The molecule has 0 saturated heterocycles. The van der Waals surface area contributed by atoms with Crippen molar-refractivity contribution in [3.05, 3.63) is 59.7 Å². The van der Waals surface area contributed by atoms with Gasteiger partial charge >= 0.3 is 0 Å². The standard InChI is InChI=1S/C19H22N6O3/c1-19(2,3)16(17(20)27-11-12-4-6-21-7-5-12)15-9-22-24-18(23-15)14-8-13(10-26)28-25-14/h4-9,26H,10-11,20H2,1-3H3/b17-16-. The minimum Gasteiger partial charge on any atom is -0.474 e. The van der Waals surface area contributed by atoms with Crippen molar-refractivity contribution < 1.29 is 14.4 Å². The van der Waals surface area contributed by atoms with Gasteiger partial charge in [0.25, 0.3) is 0 Å². The number of ether oxygens (including phenoxy) is 1. The molecule has 0 unspecified atom stereocenters. The number of allylic oxidation sites excluding steroid dienone is 1. The summed E-state index contributed by atoms with van der Waals surface area (Å²) in [5.41, 5.74) is 8.47. The molecular weight excluding hydrogens is 360 g/mol. The van der Waals surface area contributed by atoms with Crippen molar-refractivity contribution in [2.75, 3.05) is 0 Å². The number of rotatable bonds is 6. The van der Waals surface area contributed by atoms with E-state index in [1.807, 2.05) is 32.9 Å². The molecule has 9 nitrogen and oxygen atoms in total. The number of aliphatic hydroxyl groups is 1. The fourth-order valence-corrected chi connectivity index (χ4v) is 2.62. The highest BCUT2D eigenvalue weighted by molar-refractivity contribution is 5.68. The van der Waals surface area contributed by atoms with Gasteiger partial charge in [-0.3, -0.25) is 4.98 Å². The summed E-state index contributed by atoms with van der Waals surface area (Å²) in [4.78, 5) is 8.52. The van der Waals surface area contributed by atoms with Crippen molar-refractivity contribution in [1.82, 2.24) is 25.3 Å². The lowest BCUT2D eigenvalue weighted by atomic mass is 9.84. The summed E-state index contributed by atoms with van der Waals surface area (Å²) in [5.74, 6) is 0.840. The van der Waals surface area contributed by atoms with Crippen LogP contribution < -0.4 is 5.73 Å². The lowest BCUT2D eigenvalue weighted by Crippen LogP contribution is -2.18. The highest BCUT2D eigenvalue weighted by Crippen LogP contribution is 2.35. The van der Waals surface area contributed by atoms with Crippen LogP contribution in [-0.4, -0.2) is 30.4 Å². The van der Waals surface area contributed by atoms with Crippen LogP contribution in [0.25, 0.3) is 17.1 Å². The number of aliphatic hydroxyl groups excluding tert-OH is 1. The zero-order valence-corrected chi connectivity index (χ0v) is 16.0. The molecule has 0 aliphatic rings. The monoisotopic (exact) mass is 382 g/mol. The normalized spacial score (nSPS) is 12.6. The Balaban J connectivity index is 1.94. The van der Waals surface area contributed by atoms with Crippen LogP contribution in [-0.2, 0) is 18.0 Å². The van der Waals surface area contributed by atoms with E-state index in [4.69, 9.17) is 20.1 Å². The molecule has 0 amide bonds. The maximum atomic E-state index is 9.14. The molecule has 0 saturated carbocycles. The summed E-state index contributed by atoms with van der Waals surface area (Å²) in [7, 11) is 0. The third-order valence-corrected chi connectivity index (χ3v) is 3.90. The molecule has 0 aromatic carbocycles. The van der Waals surface area contributed by atoms with Gasteiger partial charge in [-0.2, -0.15) is 5.10 Å². The van der Waals surface area contributed by atoms with Gasteiger partial charge in [-0.05, 0) is 23.1 Å². The van der Waals surface area contributed by atoms with Crippen LogP contribution in [0.3, 0.4) is 0 Å². The van der Waals surface area contributed by atoms with Gasteiger partial charge in [0, 0.05) is 24.0 Å². The summed E-state index contributed by atoms with van der Waals surface area (Å²) in [5, 5.41) is 21.0. The van der Waals surface area contributed by atoms with E-state index in [1.165, 1.54) is 6.20 Å². The zero-order chi connectivity index (χ0) is 20.1. The summed E-state index contributed by atoms with van der Waals surface area (Å²) < 4.78 is 10.8. The molecule has 0 aliphatic heterocycles. The quantitative estimate of drug-likeness (QED) is 0.616. The Bertz CT molecular complexity index is 963. The molecule has 0 atom stereocenters. The van der Waals surface area contributed by atoms with Gasteiger partial charge in [-0.1, -0.05) is 25.9 Å². The Hall–Kier alpha value is -3.33. The highest BCUT2D eigenvalue weighted by atomic mass is 16.5. The number of hydrogen-bond acceptors (Lipinski definition) is 9. The Labute approximate surface area is 162 Å². The van der Waals surface area contributed by atoms with Crippen LogP contribution in [0.5, 0.6) is 0 Å². The number of nitrogens with zero attached hydrogens (tertiary/aromatic N) is 5. The predicted octanol–water partition coefficient (Wildman–Crippen LogP) is 2.30. The molecule has 0 aliphatic carbocycles. The Morgan fingerprint density at radius 1 is 1.25 bits per heavy atom. The molecule has 3 heterocycles. The first-order chi connectivity index (χ1) is 13.4. The van der Waals surface area contributed by atoms with E-state index in [0.29, 0.717) is 29.3 Å². The second-order valence-corrected chi connectivity index (χ2v) is 7.14. The molecule has 9 heteroatoms. The average molecular weight is 382 g/mol. The summed E-state index contributed by atoms with van der Waals surface area (Å²) in [6.45, 7) is 6.07. The number of pyridine rings is 1. The minimum absolute atomic E-state index is 0.256. The van der Waals surface area contributed by atoms with E-state index in [2.05, 4.69) is 25.3 Å². The van der Waals surface area contributed by atoms with Gasteiger partial charge in [0.15, 0.2) is 17.3 Å². The van der Waals surface area contributed by atoms with Gasteiger partial charge in [-0.25, -0.2) is 4.98 Å². The Kier molecular flexibility index (Phi) is 5.65. The lowest BCUT2D eigenvalue weighted by Gasteiger charge is -2.24. The largest absolute Gasteiger partial charge is 0.474 e. The van der Waals surface area contributed by atoms with Crippen molar-refractivity contribution in [3.8, 4) is 11.5 Å². The van der Waals surface area contributed by atoms with E-state index in [9.17, 15) is 0 Å². The zero-order valence-electron chi connectivity index (χ0n) is 16.0. The molecule has 0 spiro atoms. The van der Waals surface area contributed by atoms with Crippen LogP contribution in [0.4, 0.5) is 0 Å². The molecule has 0 radical (unpaired) electrons. The van der Waals surface area contributed by atoms with Crippen LogP contribution in [0, 0.1) is 5.41 Å². The van der Waals surface area contributed by atoms with Crippen molar-refractivity contribution in [3.63, 3.8) is 0 Å². The first kappa shape index (κ1) is 19.4. The molecule has 28 heavy (non-hydrogen) atoms. The van der Waals surface area contributed by atoms with Gasteiger partial charge in [0.1, 0.15) is 13.2 Å². The third-order valence-electron chi connectivity index (χ3n) is 3.90. The van der Waals surface area contributed by atoms with E-state index >= 15 is 0 Å². The molecule has 3 N–H and O–H groups in total. The number of aromatic nitrogens is 5. The van der Waals surface area contributed by atoms with Crippen molar-refractivity contribution in [2.24, 2.45) is 11.1 Å². The second-order valence-electron chi connectivity index (χ2n) is 7.14. The SMILES string of the molecule is CC(C)(C)/C(=C(/N)OCc1ccncc1)c1cnnc(-c2cc(CO)on2)n1. The van der Waals surface area contributed by atoms with Gasteiger partial charge in [-0.15, -0.1) is 5.10 Å². The molecule has 3 aromatic heterocycles. The van der Waals surface area contributed by atoms with Crippen LogP contribution in [0.2, 0.25) is 0 Å². The highest BCUT2D eigenvalue weighted by Gasteiger charge is 2.26. The summed E-state index contributed by atoms with van der Waals surface area (Å²) in [6, 6.07) is 5.28. The van der Waals surface area contributed by atoms with E-state index in [0.717, 1.165) is 5.56 Å². The third kappa shape index (κ3) is 4.49. The summed E-state index contributed by atoms with van der Waals surface area (Å²) >= 11 is 0. The van der Waals surface area contributed by atoms with Gasteiger partial charge in [0.05, 0.1) is 11.9 Å². The maximum absolute atomic E-state index is 9.14. The van der Waals surface area contributed by atoms with Crippen molar-refractivity contribution in [2.45, 2.75) is 34.0 Å². The predicted molar refractivity (Wildman–Crippen MR) is 101 cm³/mol. The number of nitrogens with two attached hydrogens (primary N) is 1. The van der Waals surface area contributed by atoms with Gasteiger partial charge in [0.2, 0.25) is 5.82 Å². The first-order valence-corrected chi connectivity index (χ1v) is 8.67.